The lowest BCUT2D eigenvalue weighted by Crippen LogP contribution is -1.95. The van der Waals surface area contributed by atoms with E-state index in [2.05, 4.69) is 40.0 Å². The predicted molar refractivity (Wildman–Crippen MR) is 76.8 cm³/mol. The van der Waals surface area contributed by atoms with Gasteiger partial charge >= 0.3 is 0 Å². The van der Waals surface area contributed by atoms with Gasteiger partial charge in [0.15, 0.2) is 0 Å². The first kappa shape index (κ1) is 13.0. The van der Waals surface area contributed by atoms with Crippen molar-refractivity contribution in [1.82, 2.24) is 10.2 Å². The predicted octanol–water partition coefficient (Wildman–Crippen LogP) is 3.55. The third kappa shape index (κ3) is 2.22. The van der Waals surface area contributed by atoms with E-state index in [1.165, 1.54) is 0 Å². The summed E-state index contributed by atoms with van der Waals surface area (Å²) in [4.78, 5) is 0. The van der Waals surface area contributed by atoms with Gasteiger partial charge < -0.3 is 10.5 Å². The Morgan fingerprint density at radius 3 is 2.67 bits per heavy atom. The van der Waals surface area contributed by atoms with E-state index < -0.39 is 0 Å². The summed E-state index contributed by atoms with van der Waals surface area (Å²) in [5.41, 5.74) is 8.94. The van der Waals surface area contributed by atoms with E-state index in [0.29, 0.717) is 11.7 Å². The molecule has 0 unspecified atom stereocenters. The molecule has 2 rings (SSSR count). The van der Waals surface area contributed by atoms with E-state index in [1.54, 1.807) is 7.11 Å². The Labute approximate surface area is 115 Å². The van der Waals surface area contributed by atoms with E-state index in [9.17, 15) is 0 Å². The lowest BCUT2D eigenvalue weighted by atomic mass is 9.99. The van der Waals surface area contributed by atoms with Crippen molar-refractivity contribution in [3.63, 3.8) is 0 Å². The van der Waals surface area contributed by atoms with E-state index in [-0.39, 0.29) is 0 Å². The molecule has 0 amide bonds. The fraction of sp³-hybridized carbons (Fsp3) is 0.308. The van der Waals surface area contributed by atoms with Gasteiger partial charge in [-0.3, -0.25) is 5.10 Å². The number of nitrogens with zero attached hydrogens (tertiary/aromatic N) is 1. The maximum atomic E-state index is 5.89. The fourth-order valence-electron chi connectivity index (χ4n) is 1.99. The summed E-state index contributed by atoms with van der Waals surface area (Å²) in [5, 5.41) is 7.09. The van der Waals surface area contributed by atoms with Crippen molar-refractivity contribution in [2.24, 2.45) is 0 Å². The highest BCUT2D eigenvalue weighted by atomic mass is 79.9. The third-order valence-corrected chi connectivity index (χ3v) is 3.47. The molecule has 0 aliphatic rings. The van der Waals surface area contributed by atoms with Crippen LogP contribution in [-0.4, -0.2) is 17.3 Å². The number of methoxy groups -OCH3 is 1. The minimum absolute atomic E-state index is 0.319. The monoisotopic (exact) mass is 309 g/mol. The number of nitrogen functional groups attached to an aromatic ring is 1. The minimum Gasteiger partial charge on any atom is -0.496 e. The second-order valence-corrected chi connectivity index (χ2v) is 5.26. The molecule has 0 aliphatic carbocycles. The van der Waals surface area contributed by atoms with Crippen molar-refractivity contribution < 1.29 is 4.74 Å². The average Bonchev–Trinajstić information content (AvgIpc) is 2.71. The van der Waals surface area contributed by atoms with Crippen LogP contribution in [0.4, 0.5) is 5.82 Å². The van der Waals surface area contributed by atoms with Crippen molar-refractivity contribution in [2.45, 2.75) is 19.8 Å². The number of aromatic nitrogens is 2. The second kappa shape index (κ2) is 5.02. The number of hydrogen-bond donors (Lipinski definition) is 2. The summed E-state index contributed by atoms with van der Waals surface area (Å²) in [5.74, 6) is 1.68. The molecule has 0 fully saturated rings. The van der Waals surface area contributed by atoms with Gasteiger partial charge in [0, 0.05) is 11.1 Å². The zero-order valence-corrected chi connectivity index (χ0v) is 12.2. The van der Waals surface area contributed by atoms with Crippen molar-refractivity contribution in [3.05, 3.63) is 28.2 Å². The van der Waals surface area contributed by atoms with Gasteiger partial charge in [0.25, 0.3) is 0 Å². The number of rotatable bonds is 3. The van der Waals surface area contributed by atoms with Crippen molar-refractivity contribution in [2.75, 3.05) is 12.8 Å². The largest absolute Gasteiger partial charge is 0.496 e. The molecule has 1 aromatic carbocycles. The van der Waals surface area contributed by atoms with Crippen LogP contribution in [0.3, 0.4) is 0 Å². The molecule has 0 spiro atoms. The quantitative estimate of drug-likeness (QED) is 0.911. The van der Waals surface area contributed by atoms with Crippen LogP contribution in [0.25, 0.3) is 11.3 Å². The SMILES string of the molecule is COc1ccc(-c2[nH]nc(N)c2C(C)C)cc1Br. The minimum atomic E-state index is 0.319. The van der Waals surface area contributed by atoms with Gasteiger partial charge in [-0.1, -0.05) is 13.8 Å². The number of aromatic amines is 1. The summed E-state index contributed by atoms with van der Waals surface area (Å²) in [6, 6.07) is 5.90. The molecular formula is C13H16BrN3O. The Balaban J connectivity index is 2.52. The lowest BCUT2D eigenvalue weighted by molar-refractivity contribution is 0.412. The third-order valence-electron chi connectivity index (χ3n) is 2.85. The molecule has 2 aromatic rings. The van der Waals surface area contributed by atoms with Crippen molar-refractivity contribution >= 4 is 21.7 Å². The van der Waals surface area contributed by atoms with Crippen molar-refractivity contribution in [1.29, 1.82) is 0 Å². The maximum Gasteiger partial charge on any atom is 0.149 e. The molecule has 96 valence electrons. The van der Waals surface area contributed by atoms with Crippen LogP contribution in [0.1, 0.15) is 25.3 Å². The molecule has 18 heavy (non-hydrogen) atoms. The van der Waals surface area contributed by atoms with Crippen LogP contribution in [0.15, 0.2) is 22.7 Å². The van der Waals surface area contributed by atoms with Gasteiger partial charge in [-0.25, -0.2) is 0 Å². The standard InChI is InChI=1S/C13H16BrN3O/c1-7(2)11-12(16-17-13(11)15)8-4-5-10(18-3)9(14)6-8/h4-7H,1-3H3,(H3,15,16,17). The van der Waals surface area contributed by atoms with Gasteiger partial charge in [0.2, 0.25) is 0 Å². The van der Waals surface area contributed by atoms with Gasteiger partial charge in [-0.15, -0.1) is 0 Å². The number of nitrogens with one attached hydrogen (secondary N) is 1. The first-order chi connectivity index (χ1) is 8.54. The van der Waals surface area contributed by atoms with Gasteiger partial charge in [0.05, 0.1) is 17.3 Å². The smallest absolute Gasteiger partial charge is 0.149 e. The van der Waals surface area contributed by atoms with E-state index in [4.69, 9.17) is 10.5 Å². The molecule has 0 saturated heterocycles. The summed E-state index contributed by atoms with van der Waals surface area (Å²) in [6.07, 6.45) is 0. The number of ether oxygens (including phenoxy) is 1. The number of benzene rings is 1. The highest BCUT2D eigenvalue weighted by Crippen LogP contribution is 2.35. The Morgan fingerprint density at radius 2 is 2.11 bits per heavy atom. The summed E-state index contributed by atoms with van der Waals surface area (Å²) < 4.78 is 6.13. The summed E-state index contributed by atoms with van der Waals surface area (Å²) in [6.45, 7) is 4.20. The summed E-state index contributed by atoms with van der Waals surface area (Å²) in [7, 11) is 1.65. The molecule has 3 N–H and O–H groups in total. The second-order valence-electron chi connectivity index (χ2n) is 4.40. The van der Waals surface area contributed by atoms with Crippen LogP contribution in [0.5, 0.6) is 5.75 Å². The highest BCUT2D eigenvalue weighted by molar-refractivity contribution is 9.10. The molecule has 5 heteroatoms. The first-order valence-electron chi connectivity index (χ1n) is 5.72. The molecule has 0 saturated carbocycles. The van der Waals surface area contributed by atoms with Crippen LogP contribution in [-0.2, 0) is 0 Å². The maximum absolute atomic E-state index is 5.89. The first-order valence-corrected chi connectivity index (χ1v) is 6.51. The topological polar surface area (TPSA) is 63.9 Å². The number of halogens is 1. The Bertz CT molecular complexity index is 563. The van der Waals surface area contributed by atoms with E-state index in [1.807, 2.05) is 18.2 Å². The van der Waals surface area contributed by atoms with E-state index in [0.717, 1.165) is 27.0 Å². The number of hydrogen-bond acceptors (Lipinski definition) is 3. The average molecular weight is 310 g/mol. The number of nitrogens with two attached hydrogens (primary N) is 1. The molecule has 0 atom stereocenters. The molecule has 4 nitrogen and oxygen atoms in total. The van der Waals surface area contributed by atoms with Crippen LogP contribution in [0.2, 0.25) is 0 Å². The molecule has 1 aromatic heterocycles. The summed E-state index contributed by atoms with van der Waals surface area (Å²) >= 11 is 3.48. The van der Waals surface area contributed by atoms with Crippen LogP contribution < -0.4 is 10.5 Å². The molecular weight excluding hydrogens is 294 g/mol. The zero-order chi connectivity index (χ0) is 13.3. The Hall–Kier alpha value is -1.49. The Kier molecular flexibility index (Phi) is 3.61. The van der Waals surface area contributed by atoms with Gasteiger partial charge in [-0.05, 0) is 40.0 Å². The van der Waals surface area contributed by atoms with Crippen LogP contribution in [0, 0.1) is 0 Å². The normalized spacial score (nSPS) is 10.9. The van der Waals surface area contributed by atoms with Gasteiger partial charge in [-0.2, -0.15) is 5.10 Å². The number of H-pyrrole nitrogens is 1. The molecule has 0 bridgehead atoms. The zero-order valence-electron chi connectivity index (χ0n) is 10.6. The Morgan fingerprint density at radius 1 is 1.39 bits per heavy atom. The van der Waals surface area contributed by atoms with Crippen LogP contribution >= 0.6 is 15.9 Å². The fourth-order valence-corrected chi connectivity index (χ4v) is 2.53. The van der Waals surface area contributed by atoms with E-state index >= 15 is 0 Å². The highest BCUT2D eigenvalue weighted by Gasteiger charge is 2.16. The number of anilines is 1. The molecule has 0 radical (unpaired) electrons. The molecule has 1 heterocycles. The van der Waals surface area contributed by atoms with Crippen molar-refractivity contribution in [3.8, 4) is 17.0 Å². The van der Waals surface area contributed by atoms with Gasteiger partial charge in [0.1, 0.15) is 11.6 Å². The lowest BCUT2D eigenvalue weighted by Gasteiger charge is -2.09. The molecule has 0 aliphatic heterocycles.